The van der Waals surface area contributed by atoms with Gasteiger partial charge in [-0.3, -0.25) is 0 Å². The lowest BCUT2D eigenvalue weighted by atomic mass is 10.2. The van der Waals surface area contributed by atoms with Crippen molar-refractivity contribution in [3.8, 4) is 0 Å². The first-order valence-electron chi connectivity index (χ1n) is 5.31. The van der Waals surface area contributed by atoms with Crippen molar-refractivity contribution in [2.45, 2.75) is 26.2 Å². The molecule has 0 atom stereocenters. The van der Waals surface area contributed by atoms with Crippen LogP contribution in [0, 0.1) is 0 Å². The van der Waals surface area contributed by atoms with E-state index < -0.39 is 0 Å². The third kappa shape index (κ3) is 4.66. The van der Waals surface area contributed by atoms with Crippen molar-refractivity contribution >= 4 is 6.08 Å². The van der Waals surface area contributed by atoms with E-state index in [0.29, 0.717) is 0 Å². The molecular formula is C14H18. The normalized spacial score (nSPS) is 11.5. The first-order chi connectivity index (χ1) is 6.93. The molecule has 0 heterocycles. The van der Waals surface area contributed by atoms with Gasteiger partial charge in [-0.05, 0) is 12.0 Å². The highest BCUT2D eigenvalue weighted by Crippen LogP contribution is 2.01. The van der Waals surface area contributed by atoms with Gasteiger partial charge in [0.25, 0.3) is 0 Å². The van der Waals surface area contributed by atoms with Crippen molar-refractivity contribution in [3.63, 3.8) is 0 Å². The number of allylic oxidation sites excluding steroid dienone is 3. The molecule has 1 aromatic carbocycles. The predicted molar refractivity (Wildman–Crippen MR) is 64.1 cm³/mol. The molecule has 0 aliphatic carbocycles. The van der Waals surface area contributed by atoms with Crippen LogP contribution in [0.1, 0.15) is 31.7 Å². The molecule has 14 heavy (non-hydrogen) atoms. The first kappa shape index (κ1) is 10.8. The molecule has 0 aromatic heterocycles. The molecule has 0 saturated heterocycles. The summed E-state index contributed by atoms with van der Waals surface area (Å²) >= 11 is 0. The van der Waals surface area contributed by atoms with Gasteiger partial charge in [0.1, 0.15) is 0 Å². The quantitative estimate of drug-likeness (QED) is 0.471. The zero-order valence-corrected chi connectivity index (χ0v) is 8.82. The lowest BCUT2D eigenvalue weighted by Crippen LogP contribution is -1.67. The average molecular weight is 186 g/mol. The van der Waals surface area contributed by atoms with Crippen LogP contribution in [0.3, 0.4) is 0 Å². The number of hydrogen-bond donors (Lipinski definition) is 0. The van der Waals surface area contributed by atoms with Crippen LogP contribution in [-0.2, 0) is 0 Å². The van der Waals surface area contributed by atoms with Crippen molar-refractivity contribution in [1.82, 2.24) is 0 Å². The van der Waals surface area contributed by atoms with Gasteiger partial charge in [-0.1, -0.05) is 74.4 Å². The molecule has 0 saturated carbocycles. The summed E-state index contributed by atoms with van der Waals surface area (Å²) in [5, 5.41) is 0. The zero-order chi connectivity index (χ0) is 10.1. The molecule has 0 radical (unpaired) electrons. The second kappa shape index (κ2) is 7.14. The van der Waals surface area contributed by atoms with Crippen LogP contribution in [0.15, 0.2) is 48.6 Å². The Morgan fingerprint density at radius 2 is 1.86 bits per heavy atom. The van der Waals surface area contributed by atoms with Crippen LogP contribution in [0.25, 0.3) is 6.08 Å². The van der Waals surface area contributed by atoms with Crippen LogP contribution in [0.2, 0.25) is 0 Å². The maximum Gasteiger partial charge on any atom is -0.0257 e. The van der Waals surface area contributed by atoms with Crippen molar-refractivity contribution in [1.29, 1.82) is 0 Å². The van der Waals surface area contributed by atoms with Crippen LogP contribution in [-0.4, -0.2) is 0 Å². The van der Waals surface area contributed by atoms with Crippen molar-refractivity contribution in [2.24, 2.45) is 0 Å². The highest BCUT2D eigenvalue weighted by Gasteiger charge is 1.80. The lowest BCUT2D eigenvalue weighted by Gasteiger charge is -1.89. The van der Waals surface area contributed by atoms with E-state index in [0.717, 1.165) is 0 Å². The Morgan fingerprint density at radius 3 is 2.57 bits per heavy atom. The SMILES string of the molecule is CCCC/C=C\C=C/c1ccccc1. The fraction of sp³-hybridized carbons (Fsp3) is 0.286. The summed E-state index contributed by atoms with van der Waals surface area (Å²) in [5.41, 5.74) is 1.26. The van der Waals surface area contributed by atoms with Crippen molar-refractivity contribution in [2.75, 3.05) is 0 Å². The van der Waals surface area contributed by atoms with E-state index in [4.69, 9.17) is 0 Å². The number of benzene rings is 1. The fourth-order valence-corrected chi connectivity index (χ4v) is 1.23. The van der Waals surface area contributed by atoms with Gasteiger partial charge in [-0.15, -0.1) is 0 Å². The molecule has 1 rings (SSSR count). The topological polar surface area (TPSA) is 0 Å². The molecule has 0 amide bonds. The van der Waals surface area contributed by atoms with Crippen molar-refractivity contribution in [3.05, 3.63) is 54.1 Å². The molecule has 0 nitrogen and oxygen atoms in total. The summed E-state index contributed by atoms with van der Waals surface area (Å²) in [7, 11) is 0. The van der Waals surface area contributed by atoms with Crippen LogP contribution < -0.4 is 0 Å². The summed E-state index contributed by atoms with van der Waals surface area (Å²) in [6.07, 6.45) is 12.3. The van der Waals surface area contributed by atoms with E-state index >= 15 is 0 Å². The zero-order valence-electron chi connectivity index (χ0n) is 8.82. The van der Waals surface area contributed by atoms with Crippen LogP contribution in [0.4, 0.5) is 0 Å². The second-order valence-electron chi connectivity index (χ2n) is 3.34. The molecule has 0 aliphatic rings. The largest absolute Gasteiger partial charge is 0.0845 e. The molecule has 0 fully saturated rings. The molecule has 0 unspecified atom stereocenters. The smallest absolute Gasteiger partial charge is 0.0257 e. The van der Waals surface area contributed by atoms with E-state index in [9.17, 15) is 0 Å². The Bertz CT molecular complexity index is 280. The first-order valence-corrected chi connectivity index (χ1v) is 5.31. The van der Waals surface area contributed by atoms with Gasteiger partial charge in [-0.25, -0.2) is 0 Å². The van der Waals surface area contributed by atoms with Gasteiger partial charge in [0.15, 0.2) is 0 Å². The molecule has 0 spiro atoms. The number of unbranched alkanes of at least 4 members (excludes halogenated alkanes) is 2. The summed E-state index contributed by atoms with van der Waals surface area (Å²) in [6.45, 7) is 2.22. The minimum Gasteiger partial charge on any atom is -0.0845 e. The Morgan fingerprint density at radius 1 is 1.07 bits per heavy atom. The lowest BCUT2D eigenvalue weighted by molar-refractivity contribution is 0.815. The van der Waals surface area contributed by atoms with E-state index in [1.165, 1.54) is 24.8 Å². The van der Waals surface area contributed by atoms with Gasteiger partial charge in [0.05, 0.1) is 0 Å². The maximum absolute atomic E-state index is 2.23. The van der Waals surface area contributed by atoms with E-state index in [2.05, 4.69) is 55.5 Å². The molecule has 0 N–H and O–H groups in total. The van der Waals surface area contributed by atoms with Crippen LogP contribution in [0.5, 0.6) is 0 Å². The summed E-state index contributed by atoms with van der Waals surface area (Å²) in [4.78, 5) is 0. The molecular weight excluding hydrogens is 168 g/mol. The second-order valence-corrected chi connectivity index (χ2v) is 3.34. The predicted octanol–water partition coefficient (Wildman–Crippen LogP) is 4.45. The van der Waals surface area contributed by atoms with E-state index in [-0.39, 0.29) is 0 Å². The molecule has 0 bridgehead atoms. The minimum atomic E-state index is 1.19. The Labute approximate surface area is 87.0 Å². The van der Waals surface area contributed by atoms with Gasteiger partial charge < -0.3 is 0 Å². The summed E-state index contributed by atoms with van der Waals surface area (Å²) < 4.78 is 0. The highest BCUT2D eigenvalue weighted by atomic mass is 13.9. The Hall–Kier alpha value is -1.30. The van der Waals surface area contributed by atoms with Gasteiger partial charge >= 0.3 is 0 Å². The molecule has 1 aromatic rings. The Balaban J connectivity index is 2.31. The van der Waals surface area contributed by atoms with Gasteiger partial charge in [0.2, 0.25) is 0 Å². The molecule has 0 aliphatic heterocycles. The van der Waals surface area contributed by atoms with E-state index in [1.807, 2.05) is 6.07 Å². The number of hydrogen-bond acceptors (Lipinski definition) is 0. The summed E-state index contributed by atoms with van der Waals surface area (Å²) in [5.74, 6) is 0. The van der Waals surface area contributed by atoms with Crippen LogP contribution >= 0.6 is 0 Å². The monoisotopic (exact) mass is 186 g/mol. The Kier molecular flexibility index (Phi) is 5.49. The van der Waals surface area contributed by atoms with Gasteiger partial charge in [0, 0.05) is 0 Å². The minimum absolute atomic E-state index is 1.19. The fourth-order valence-electron chi connectivity index (χ4n) is 1.23. The van der Waals surface area contributed by atoms with Crippen molar-refractivity contribution < 1.29 is 0 Å². The average Bonchev–Trinajstić information content (AvgIpc) is 2.25. The van der Waals surface area contributed by atoms with Gasteiger partial charge in [-0.2, -0.15) is 0 Å². The third-order valence-electron chi connectivity index (χ3n) is 2.06. The third-order valence-corrected chi connectivity index (χ3v) is 2.06. The summed E-state index contributed by atoms with van der Waals surface area (Å²) in [6, 6.07) is 10.4. The molecule has 74 valence electrons. The maximum atomic E-state index is 2.23. The number of rotatable bonds is 5. The molecule has 0 heteroatoms. The standard InChI is InChI=1S/C14H18/c1-2-3-4-5-6-8-11-14-12-9-7-10-13-14/h5-13H,2-4H2,1H3/b6-5-,11-8-. The highest BCUT2D eigenvalue weighted by molar-refractivity contribution is 5.50. The van der Waals surface area contributed by atoms with E-state index in [1.54, 1.807) is 0 Å².